The van der Waals surface area contributed by atoms with Crippen molar-refractivity contribution in [2.45, 2.75) is 6.92 Å². The molecule has 0 bridgehead atoms. The molecule has 13 heavy (non-hydrogen) atoms. The summed E-state index contributed by atoms with van der Waals surface area (Å²) >= 11 is 0. The minimum Gasteiger partial charge on any atom is -0.384 e. The fourth-order valence-electron chi connectivity index (χ4n) is 0.949. The van der Waals surface area contributed by atoms with Gasteiger partial charge in [-0.25, -0.2) is 8.42 Å². The third-order valence-corrected chi connectivity index (χ3v) is 2.54. The van der Waals surface area contributed by atoms with Crippen LogP contribution in [-0.4, -0.2) is 47.2 Å². The summed E-state index contributed by atoms with van der Waals surface area (Å²) in [5, 5.41) is 3.07. The van der Waals surface area contributed by atoms with Gasteiger partial charge in [0, 0.05) is 26.5 Å². The van der Waals surface area contributed by atoms with Crippen LogP contribution in [0.5, 0.6) is 0 Å². The first-order valence-electron chi connectivity index (χ1n) is 4.33. The lowest BCUT2D eigenvalue weighted by Gasteiger charge is -2.10. The van der Waals surface area contributed by atoms with Gasteiger partial charge in [-0.1, -0.05) is 6.92 Å². The Labute approximate surface area is 80.6 Å². The third-order valence-electron chi connectivity index (χ3n) is 1.59. The summed E-state index contributed by atoms with van der Waals surface area (Å²) < 4.78 is 26.4. The Morgan fingerprint density at radius 3 is 2.54 bits per heavy atom. The van der Waals surface area contributed by atoms with Crippen molar-refractivity contribution in [2.75, 3.05) is 38.8 Å². The summed E-state index contributed by atoms with van der Waals surface area (Å²) in [5.41, 5.74) is 0. The molecule has 1 N–H and O–H groups in total. The van der Waals surface area contributed by atoms with Crippen LogP contribution in [0, 0.1) is 5.92 Å². The minimum atomic E-state index is -2.83. The third kappa shape index (κ3) is 9.79. The molecule has 0 heterocycles. The Balaban J connectivity index is 3.36. The van der Waals surface area contributed by atoms with Gasteiger partial charge in [0.25, 0.3) is 0 Å². The normalized spacial score (nSPS) is 14.4. The summed E-state index contributed by atoms with van der Waals surface area (Å²) in [6.07, 6.45) is 1.24. The molecular formula is C8H19NO3S. The Kier molecular flexibility index (Phi) is 6.28. The van der Waals surface area contributed by atoms with Crippen LogP contribution in [0.25, 0.3) is 0 Å². The van der Waals surface area contributed by atoms with Gasteiger partial charge >= 0.3 is 0 Å². The number of hydrogen-bond donors (Lipinski definition) is 1. The standard InChI is InChI=1S/C8H19NO3S/c1-8(7-12-2)6-9-4-5-13(3,10)11/h8-9H,4-7H2,1-3H3. The van der Waals surface area contributed by atoms with E-state index in [1.54, 1.807) is 7.11 Å². The second-order valence-electron chi connectivity index (χ2n) is 3.39. The smallest absolute Gasteiger partial charge is 0.148 e. The van der Waals surface area contributed by atoms with Gasteiger partial charge in [0.15, 0.2) is 0 Å². The maximum atomic E-state index is 10.7. The van der Waals surface area contributed by atoms with E-state index >= 15 is 0 Å². The van der Waals surface area contributed by atoms with Crippen molar-refractivity contribution in [3.05, 3.63) is 0 Å². The minimum absolute atomic E-state index is 0.201. The van der Waals surface area contributed by atoms with E-state index in [9.17, 15) is 8.42 Å². The second kappa shape index (κ2) is 6.34. The molecular weight excluding hydrogens is 190 g/mol. The number of hydrogen-bond acceptors (Lipinski definition) is 4. The van der Waals surface area contributed by atoms with Gasteiger partial charge < -0.3 is 10.1 Å². The molecule has 0 aromatic carbocycles. The Morgan fingerprint density at radius 2 is 2.08 bits per heavy atom. The van der Waals surface area contributed by atoms with Gasteiger partial charge in [-0.2, -0.15) is 0 Å². The molecule has 0 saturated heterocycles. The molecule has 0 saturated carbocycles. The maximum absolute atomic E-state index is 10.7. The first-order chi connectivity index (χ1) is 5.95. The van der Waals surface area contributed by atoms with Gasteiger partial charge in [0.1, 0.15) is 9.84 Å². The Bertz CT molecular complexity index is 213. The lowest BCUT2D eigenvalue weighted by molar-refractivity contribution is 0.159. The second-order valence-corrected chi connectivity index (χ2v) is 5.65. The summed E-state index contributed by atoms with van der Waals surface area (Å²) in [4.78, 5) is 0. The number of rotatable bonds is 7. The molecule has 0 radical (unpaired) electrons. The molecule has 5 heteroatoms. The van der Waals surface area contributed by atoms with Crippen LogP contribution in [0.1, 0.15) is 6.92 Å². The van der Waals surface area contributed by atoms with E-state index in [2.05, 4.69) is 12.2 Å². The average Bonchev–Trinajstić information content (AvgIpc) is 1.97. The number of nitrogens with one attached hydrogen (secondary N) is 1. The highest BCUT2D eigenvalue weighted by Crippen LogP contribution is 1.91. The largest absolute Gasteiger partial charge is 0.384 e. The van der Waals surface area contributed by atoms with Gasteiger partial charge in [0.2, 0.25) is 0 Å². The molecule has 0 aliphatic rings. The lowest BCUT2D eigenvalue weighted by Crippen LogP contribution is -2.28. The quantitative estimate of drug-likeness (QED) is 0.595. The van der Waals surface area contributed by atoms with Crippen LogP contribution in [-0.2, 0) is 14.6 Å². The summed E-state index contributed by atoms with van der Waals surface area (Å²) in [5.74, 6) is 0.622. The molecule has 0 aliphatic heterocycles. The zero-order valence-corrected chi connectivity index (χ0v) is 9.36. The van der Waals surface area contributed by atoms with Crippen molar-refractivity contribution < 1.29 is 13.2 Å². The number of sulfone groups is 1. The van der Waals surface area contributed by atoms with Crippen LogP contribution in [0.4, 0.5) is 0 Å². The van der Waals surface area contributed by atoms with E-state index in [0.717, 1.165) is 6.54 Å². The van der Waals surface area contributed by atoms with E-state index in [0.29, 0.717) is 19.1 Å². The van der Waals surface area contributed by atoms with E-state index in [1.807, 2.05) is 0 Å². The number of methoxy groups -OCH3 is 1. The Hall–Kier alpha value is -0.130. The zero-order chi connectivity index (χ0) is 10.3. The molecule has 4 nitrogen and oxygen atoms in total. The average molecular weight is 209 g/mol. The highest BCUT2D eigenvalue weighted by Gasteiger charge is 2.03. The molecule has 1 unspecified atom stereocenters. The van der Waals surface area contributed by atoms with Crippen LogP contribution in [0.15, 0.2) is 0 Å². The number of ether oxygens (including phenoxy) is 1. The monoisotopic (exact) mass is 209 g/mol. The topological polar surface area (TPSA) is 55.4 Å². The first-order valence-corrected chi connectivity index (χ1v) is 6.39. The molecule has 0 amide bonds. The van der Waals surface area contributed by atoms with E-state index in [4.69, 9.17) is 4.74 Å². The van der Waals surface area contributed by atoms with Crippen molar-refractivity contribution >= 4 is 9.84 Å². The van der Waals surface area contributed by atoms with Gasteiger partial charge in [0.05, 0.1) is 5.75 Å². The first kappa shape index (κ1) is 12.9. The zero-order valence-electron chi connectivity index (χ0n) is 8.54. The summed E-state index contributed by atoms with van der Waals surface area (Å²) in [7, 11) is -1.17. The van der Waals surface area contributed by atoms with Gasteiger partial charge in [-0.15, -0.1) is 0 Å². The summed E-state index contributed by atoms with van der Waals surface area (Å²) in [6, 6.07) is 0. The van der Waals surface area contributed by atoms with Crippen molar-refractivity contribution in [2.24, 2.45) is 5.92 Å². The Morgan fingerprint density at radius 1 is 1.46 bits per heavy atom. The molecule has 0 rings (SSSR count). The molecule has 80 valence electrons. The molecule has 0 aromatic rings. The highest BCUT2D eigenvalue weighted by molar-refractivity contribution is 7.90. The van der Waals surface area contributed by atoms with Crippen molar-refractivity contribution in [1.82, 2.24) is 5.32 Å². The van der Waals surface area contributed by atoms with Crippen LogP contribution in [0.3, 0.4) is 0 Å². The molecule has 0 aromatic heterocycles. The maximum Gasteiger partial charge on any atom is 0.148 e. The summed E-state index contributed by atoms with van der Waals surface area (Å²) in [6.45, 7) is 4.07. The predicted octanol–water partition coefficient (Wildman–Crippen LogP) is -0.0969. The molecule has 1 atom stereocenters. The SMILES string of the molecule is COCC(C)CNCCS(C)(=O)=O. The van der Waals surface area contributed by atoms with E-state index < -0.39 is 9.84 Å². The van der Waals surface area contributed by atoms with Gasteiger partial charge in [-0.3, -0.25) is 0 Å². The van der Waals surface area contributed by atoms with Crippen molar-refractivity contribution in [3.8, 4) is 0 Å². The molecule has 0 fully saturated rings. The molecule has 0 spiro atoms. The lowest BCUT2D eigenvalue weighted by atomic mass is 10.2. The van der Waals surface area contributed by atoms with Gasteiger partial charge in [-0.05, 0) is 12.5 Å². The fourth-order valence-corrected chi connectivity index (χ4v) is 1.46. The van der Waals surface area contributed by atoms with E-state index in [1.165, 1.54) is 6.26 Å². The van der Waals surface area contributed by atoms with Crippen molar-refractivity contribution in [3.63, 3.8) is 0 Å². The highest BCUT2D eigenvalue weighted by atomic mass is 32.2. The van der Waals surface area contributed by atoms with Crippen LogP contribution in [0.2, 0.25) is 0 Å². The predicted molar refractivity (Wildman–Crippen MR) is 53.6 cm³/mol. The fraction of sp³-hybridized carbons (Fsp3) is 1.00. The molecule has 0 aliphatic carbocycles. The van der Waals surface area contributed by atoms with Crippen LogP contribution >= 0.6 is 0 Å². The van der Waals surface area contributed by atoms with Crippen molar-refractivity contribution in [1.29, 1.82) is 0 Å². The van der Waals surface area contributed by atoms with Crippen LogP contribution < -0.4 is 5.32 Å². The van der Waals surface area contributed by atoms with E-state index in [-0.39, 0.29) is 5.75 Å².